The summed E-state index contributed by atoms with van der Waals surface area (Å²) in [4.78, 5) is 25.1. The Labute approximate surface area is 142 Å². The van der Waals surface area contributed by atoms with E-state index < -0.39 is 10.0 Å². The number of nitrogens with one attached hydrogen (secondary N) is 1. The summed E-state index contributed by atoms with van der Waals surface area (Å²) in [6.45, 7) is 0.433. The Bertz CT molecular complexity index is 902. The highest BCUT2D eigenvalue weighted by atomic mass is 32.2. The minimum absolute atomic E-state index is 0.0853. The third kappa shape index (κ3) is 3.42. The largest absolute Gasteiger partial charge is 0.494 e. The summed E-state index contributed by atoms with van der Waals surface area (Å²) in [7, 11) is -3.60. The van der Waals surface area contributed by atoms with E-state index >= 15 is 0 Å². The Morgan fingerprint density at radius 1 is 1.12 bits per heavy atom. The van der Waals surface area contributed by atoms with Gasteiger partial charge < -0.3 is 5.11 Å². The van der Waals surface area contributed by atoms with Gasteiger partial charge in [-0.15, -0.1) is 0 Å². The van der Waals surface area contributed by atoms with Gasteiger partial charge in [0.05, 0.1) is 9.77 Å². The van der Waals surface area contributed by atoms with Crippen LogP contribution in [0.3, 0.4) is 0 Å². The number of carbonyl (C=O) groups is 1. The van der Waals surface area contributed by atoms with E-state index in [1.165, 1.54) is 16.4 Å². The number of hydrogen-bond donors (Lipinski definition) is 2. The lowest BCUT2D eigenvalue weighted by Gasteiger charge is -2.25. The van der Waals surface area contributed by atoms with Crippen molar-refractivity contribution in [1.29, 1.82) is 0 Å². The molecule has 128 valence electrons. The molecule has 0 spiro atoms. The first kappa shape index (κ1) is 16.9. The van der Waals surface area contributed by atoms with Crippen LogP contribution in [0.25, 0.3) is 0 Å². The van der Waals surface area contributed by atoms with Crippen molar-refractivity contribution < 1.29 is 18.3 Å². The zero-order valence-electron chi connectivity index (χ0n) is 12.7. The molecule has 1 aliphatic rings. The Kier molecular flexibility index (Phi) is 4.57. The summed E-state index contributed by atoms with van der Waals surface area (Å²) in [5.74, 6) is -0.0678. The molecule has 0 amide bonds. The zero-order valence-corrected chi connectivity index (χ0v) is 14.3. The van der Waals surface area contributed by atoms with E-state index in [9.17, 15) is 23.1 Å². The van der Waals surface area contributed by atoms with E-state index in [2.05, 4.69) is 4.98 Å². The van der Waals surface area contributed by atoms with Gasteiger partial charge in [-0.2, -0.15) is 4.31 Å². The SMILES string of the molecule is O=C1CCN(S(=O)(=O)c2ccc(Cc3sc(=O)[nH]c3O)cc2)CC1. The molecule has 7 nitrogen and oxygen atoms in total. The highest BCUT2D eigenvalue weighted by molar-refractivity contribution is 7.89. The minimum Gasteiger partial charge on any atom is -0.494 e. The molecule has 0 aliphatic carbocycles. The van der Waals surface area contributed by atoms with Gasteiger partial charge in [0, 0.05) is 32.4 Å². The Balaban J connectivity index is 1.77. The smallest absolute Gasteiger partial charge is 0.307 e. The number of nitrogens with zero attached hydrogens (tertiary/aromatic N) is 1. The second kappa shape index (κ2) is 6.50. The van der Waals surface area contributed by atoms with E-state index in [1.54, 1.807) is 12.1 Å². The lowest BCUT2D eigenvalue weighted by Crippen LogP contribution is -2.38. The maximum Gasteiger partial charge on any atom is 0.307 e. The van der Waals surface area contributed by atoms with Crippen molar-refractivity contribution in [3.63, 3.8) is 0 Å². The number of H-pyrrole nitrogens is 1. The topological polar surface area (TPSA) is 108 Å². The lowest BCUT2D eigenvalue weighted by atomic mass is 10.1. The number of aromatic amines is 1. The summed E-state index contributed by atoms with van der Waals surface area (Å²) in [5.41, 5.74) is 0.785. The standard InChI is InChI=1S/C15H16N2O5S2/c18-11-5-7-17(8-6-11)24(21,22)12-3-1-10(2-4-12)9-13-14(19)16-15(20)23-13/h1-4,19H,5-9H2,(H,16,20). The van der Waals surface area contributed by atoms with Crippen molar-refractivity contribution in [2.24, 2.45) is 0 Å². The molecule has 2 aromatic rings. The maximum atomic E-state index is 12.6. The van der Waals surface area contributed by atoms with E-state index in [0.717, 1.165) is 16.9 Å². The number of aromatic nitrogens is 1. The molecule has 24 heavy (non-hydrogen) atoms. The highest BCUT2D eigenvalue weighted by Gasteiger charge is 2.28. The summed E-state index contributed by atoms with van der Waals surface area (Å²) >= 11 is 0.922. The third-order valence-electron chi connectivity index (χ3n) is 3.91. The van der Waals surface area contributed by atoms with Gasteiger partial charge in [0.25, 0.3) is 0 Å². The first-order chi connectivity index (χ1) is 11.4. The van der Waals surface area contributed by atoms with E-state index in [-0.39, 0.29) is 47.4 Å². The Morgan fingerprint density at radius 2 is 1.75 bits per heavy atom. The predicted octanol–water partition coefficient (Wildman–Crippen LogP) is 1.09. The van der Waals surface area contributed by atoms with Gasteiger partial charge in [-0.3, -0.25) is 14.6 Å². The van der Waals surface area contributed by atoms with Crippen LogP contribution in [0.1, 0.15) is 23.3 Å². The number of rotatable bonds is 4. The molecule has 1 aromatic carbocycles. The molecule has 3 rings (SSSR count). The fourth-order valence-corrected chi connectivity index (χ4v) is 4.76. The molecule has 2 N–H and O–H groups in total. The minimum atomic E-state index is -3.60. The van der Waals surface area contributed by atoms with Crippen molar-refractivity contribution in [3.8, 4) is 5.88 Å². The highest BCUT2D eigenvalue weighted by Crippen LogP contribution is 2.23. The second-order valence-corrected chi connectivity index (χ2v) is 8.56. The molecule has 0 atom stereocenters. The molecule has 0 radical (unpaired) electrons. The van der Waals surface area contributed by atoms with Crippen LogP contribution < -0.4 is 4.87 Å². The number of Topliss-reactive ketones (excluding diaryl/α,β-unsaturated/α-hetero) is 1. The Hall–Kier alpha value is -1.97. The van der Waals surface area contributed by atoms with Crippen LogP contribution in [0.5, 0.6) is 5.88 Å². The van der Waals surface area contributed by atoms with Crippen molar-refractivity contribution in [3.05, 3.63) is 44.4 Å². The third-order valence-corrected chi connectivity index (χ3v) is 6.69. The average Bonchev–Trinajstić information content (AvgIpc) is 2.86. The van der Waals surface area contributed by atoms with Crippen molar-refractivity contribution >= 4 is 27.1 Å². The molecule has 1 fully saturated rings. The van der Waals surface area contributed by atoms with Crippen molar-refractivity contribution in [2.45, 2.75) is 24.2 Å². The molecule has 1 saturated heterocycles. The molecule has 0 saturated carbocycles. The van der Waals surface area contributed by atoms with E-state index in [0.29, 0.717) is 11.3 Å². The number of hydrogen-bond acceptors (Lipinski definition) is 6. The quantitative estimate of drug-likeness (QED) is 0.840. The Morgan fingerprint density at radius 3 is 2.29 bits per heavy atom. The van der Waals surface area contributed by atoms with E-state index in [1.807, 2.05) is 0 Å². The number of benzene rings is 1. The van der Waals surface area contributed by atoms with Crippen LogP contribution in [-0.4, -0.2) is 41.7 Å². The predicted molar refractivity (Wildman–Crippen MR) is 88.9 cm³/mol. The monoisotopic (exact) mass is 368 g/mol. The first-order valence-electron chi connectivity index (χ1n) is 7.38. The number of piperidine rings is 1. The number of thiazole rings is 1. The lowest BCUT2D eigenvalue weighted by molar-refractivity contribution is -0.120. The van der Waals surface area contributed by atoms with Crippen molar-refractivity contribution in [1.82, 2.24) is 9.29 Å². The second-order valence-electron chi connectivity index (χ2n) is 5.55. The van der Waals surface area contributed by atoms with Crippen LogP contribution in [0.2, 0.25) is 0 Å². The van der Waals surface area contributed by atoms with Gasteiger partial charge in [0.2, 0.25) is 15.9 Å². The van der Waals surface area contributed by atoms with E-state index in [4.69, 9.17) is 0 Å². The molecule has 1 aliphatic heterocycles. The number of ketones is 1. The van der Waals surface area contributed by atoms with Crippen LogP contribution in [-0.2, 0) is 21.2 Å². The number of carbonyl (C=O) groups excluding carboxylic acids is 1. The molecule has 1 aromatic heterocycles. The molecule has 0 bridgehead atoms. The van der Waals surface area contributed by atoms with Crippen molar-refractivity contribution in [2.75, 3.05) is 13.1 Å². The number of sulfonamides is 1. The van der Waals surface area contributed by atoms with Crippen LogP contribution in [0, 0.1) is 0 Å². The fourth-order valence-electron chi connectivity index (χ4n) is 2.56. The zero-order chi connectivity index (χ0) is 17.3. The summed E-state index contributed by atoms with van der Waals surface area (Å²) in [6.07, 6.45) is 0.847. The molecule has 9 heteroatoms. The molecular weight excluding hydrogens is 352 g/mol. The maximum absolute atomic E-state index is 12.6. The van der Waals surface area contributed by atoms with Crippen LogP contribution >= 0.6 is 11.3 Å². The summed E-state index contributed by atoms with van der Waals surface area (Å²) in [6, 6.07) is 6.33. The van der Waals surface area contributed by atoms with Gasteiger partial charge in [-0.05, 0) is 17.7 Å². The van der Waals surface area contributed by atoms with Crippen LogP contribution in [0.4, 0.5) is 0 Å². The summed E-state index contributed by atoms with van der Waals surface area (Å²) < 4.78 is 26.4. The van der Waals surface area contributed by atoms with Gasteiger partial charge in [0.15, 0.2) is 0 Å². The van der Waals surface area contributed by atoms with Crippen LogP contribution in [0.15, 0.2) is 34.0 Å². The van der Waals surface area contributed by atoms with Gasteiger partial charge in [0.1, 0.15) is 5.78 Å². The normalized spacial score (nSPS) is 16.4. The van der Waals surface area contributed by atoms with Gasteiger partial charge in [-0.25, -0.2) is 8.42 Å². The molecule has 2 heterocycles. The van der Waals surface area contributed by atoms with Gasteiger partial charge >= 0.3 is 4.87 Å². The van der Waals surface area contributed by atoms with Gasteiger partial charge in [-0.1, -0.05) is 23.5 Å². The number of aromatic hydroxyl groups is 1. The fraction of sp³-hybridized carbons (Fsp3) is 0.333. The molecule has 0 unspecified atom stereocenters. The first-order valence-corrected chi connectivity index (χ1v) is 9.63. The summed E-state index contributed by atoms with van der Waals surface area (Å²) in [5, 5.41) is 9.59. The molecular formula is C15H16N2O5S2. The average molecular weight is 368 g/mol.